The Kier molecular flexibility index (Phi) is 6.06. The number of piperazine rings is 1. The Morgan fingerprint density at radius 2 is 1.52 bits per heavy atom. The van der Waals surface area contributed by atoms with Crippen LogP contribution in [0.15, 0.2) is 48.5 Å². The van der Waals surface area contributed by atoms with E-state index in [1.165, 1.54) is 0 Å². The van der Waals surface area contributed by atoms with Crippen LogP contribution in [0.5, 0.6) is 17.2 Å². The van der Waals surface area contributed by atoms with E-state index in [0.29, 0.717) is 24.6 Å². The predicted molar refractivity (Wildman–Crippen MR) is 105 cm³/mol. The standard InChI is InChI=1S/C21H26N2O4/c1-16(27-20-7-5-4-6-19(20)26-3)21(24)23-14-12-22(13-15-23)17-8-10-18(25-2)11-9-17/h4-11,16H,12-15H2,1-3H3. The number of anilines is 1. The van der Waals surface area contributed by atoms with Crippen molar-refractivity contribution in [1.29, 1.82) is 0 Å². The van der Waals surface area contributed by atoms with E-state index in [4.69, 9.17) is 14.2 Å². The highest BCUT2D eigenvalue weighted by molar-refractivity contribution is 5.81. The highest BCUT2D eigenvalue weighted by Gasteiger charge is 2.26. The van der Waals surface area contributed by atoms with Gasteiger partial charge in [0.25, 0.3) is 5.91 Å². The third-order valence-electron chi connectivity index (χ3n) is 4.75. The summed E-state index contributed by atoms with van der Waals surface area (Å²) < 4.78 is 16.3. The normalized spacial score (nSPS) is 15.2. The SMILES string of the molecule is COc1ccc(N2CCN(C(=O)C(C)Oc3ccccc3OC)CC2)cc1. The maximum absolute atomic E-state index is 12.8. The van der Waals surface area contributed by atoms with Gasteiger partial charge in [-0.3, -0.25) is 4.79 Å². The molecule has 2 aromatic carbocycles. The summed E-state index contributed by atoms with van der Waals surface area (Å²) >= 11 is 0. The van der Waals surface area contributed by atoms with Crippen LogP contribution in [0.4, 0.5) is 5.69 Å². The van der Waals surface area contributed by atoms with Gasteiger partial charge in [0, 0.05) is 31.9 Å². The molecule has 1 amide bonds. The molecule has 1 saturated heterocycles. The number of ether oxygens (including phenoxy) is 3. The monoisotopic (exact) mass is 370 g/mol. The van der Waals surface area contributed by atoms with Crippen molar-refractivity contribution < 1.29 is 19.0 Å². The van der Waals surface area contributed by atoms with Gasteiger partial charge in [-0.25, -0.2) is 0 Å². The molecular formula is C21H26N2O4. The van der Waals surface area contributed by atoms with E-state index in [1.54, 1.807) is 21.1 Å². The summed E-state index contributed by atoms with van der Waals surface area (Å²) in [5.74, 6) is 2.05. The van der Waals surface area contributed by atoms with E-state index < -0.39 is 6.10 Å². The van der Waals surface area contributed by atoms with Crippen molar-refractivity contribution in [2.45, 2.75) is 13.0 Å². The molecule has 0 saturated carbocycles. The molecule has 0 spiro atoms. The Labute approximate surface area is 160 Å². The number of hydrogen-bond donors (Lipinski definition) is 0. The summed E-state index contributed by atoms with van der Waals surface area (Å²) in [4.78, 5) is 16.9. The molecule has 6 heteroatoms. The summed E-state index contributed by atoms with van der Waals surface area (Å²) in [6.07, 6.45) is -0.561. The maximum atomic E-state index is 12.8. The summed E-state index contributed by atoms with van der Waals surface area (Å²) in [6, 6.07) is 15.4. The van der Waals surface area contributed by atoms with Crippen molar-refractivity contribution in [3.8, 4) is 17.2 Å². The van der Waals surface area contributed by atoms with E-state index in [9.17, 15) is 4.79 Å². The van der Waals surface area contributed by atoms with Crippen LogP contribution in [0.1, 0.15) is 6.92 Å². The van der Waals surface area contributed by atoms with Gasteiger partial charge in [-0.05, 0) is 43.3 Å². The number of rotatable bonds is 6. The summed E-state index contributed by atoms with van der Waals surface area (Å²) in [6.45, 7) is 4.71. The van der Waals surface area contributed by atoms with Crippen LogP contribution in [0.3, 0.4) is 0 Å². The lowest BCUT2D eigenvalue weighted by Gasteiger charge is -2.37. The average molecular weight is 370 g/mol. The summed E-state index contributed by atoms with van der Waals surface area (Å²) in [7, 11) is 3.25. The first-order valence-corrected chi connectivity index (χ1v) is 9.10. The molecule has 0 aliphatic carbocycles. The van der Waals surface area contributed by atoms with Crippen molar-refractivity contribution in [2.24, 2.45) is 0 Å². The summed E-state index contributed by atoms with van der Waals surface area (Å²) in [5.41, 5.74) is 1.14. The molecule has 144 valence electrons. The first-order chi connectivity index (χ1) is 13.1. The molecule has 0 aromatic heterocycles. The second kappa shape index (κ2) is 8.66. The van der Waals surface area contributed by atoms with Crippen molar-refractivity contribution in [1.82, 2.24) is 4.90 Å². The first kappa shape index (κ1) is 18.9. The molecule has 1 aliphatic rings. The molecular weight excluding hydrogens is 344 g/mol. The van der Waals surface area contributed by atoms with Crippen LogP contribution in [0.25, 0.3) is 0 Å². The van der Waals surface area contributed by atoms with E-state index in [2.05, 4.69) is 4.90 Å². The van der Waals surface area contributed by atoms with Gasteiger partial charge in [-0.2, -0.15) is 0 Å². The highest BCUT2D eigenvalue weighted by atomic mass is 16.5. The van der Waals surface area contributed by atoms with E-state index >= 15 is 0 Å². The molecule has 2 aromatic rings. The van der Waals surface area contributed by atoms with Gasteiger partial charge < -0.3 is 24.0 Å². The lowest BCUT2D eigenvalue weighted by Crippen LogP contribution is -2.52. The van der Waals surface area contributed by atoms with Gasteiger partial charge in [0.2, 0.25) is 0 Å². The smallest absolute Gasteiger partial charge is 0.263 e. The Hall–Kier alpha value is -2.89. The predicted octanol–water partition coefficient (Wildman–Crippen LogP) is 2.82. The van der Waals surface area contributed by atoms with Crippen molar-refractivity contribution in [2.75, 3.05) is 45.3 Å². The molecule has 0 bridgehead atoms. The quantitative estimate of drug-likeness (QED) is 0.783. The van der Waals surface area contributed by atoms with Crippen LogP contribution in [0, 0.1) is 0 Å². The van der Waals surface area contributed by atoms with Crippen LogP contribution in [-0.2, 0) is 4.79 Å². The van der Waals surface area contributed by atoms with Crippen LogP contribution >= 0.6 is 0 Å². The van der Waals surface area contributed by atoms with Gasteiger partial charge in [0.15, 0.2) is 17.6 Å². The average Bonchev–Trinajstić information content (AvgIpc) is 2.73. The number of benzene rings is 2. The van der Waals surface area contributed by atoms with E-state index in [0.717, 1.165) is 24.5 Å². The lowest BCUT2D eigenvalue weighted by atomic mass is 10.2. The van der Waals surface area contributed by atoms with E-state index in [-0.39, 0.29) is 5.91 Å². The molecule has 3 rings (SSSR count). The van der Waals surface area contributed by atoms with Crippen molar-refractivity contribution in [3.05, 3.63) is 48.5 Å². The minimum atomic E-state index is -0.561. The number of para-hydroxylation sites is 2. The molecule has 0 N–H and O–H groups in total. The zero-order valence-corrected chi connectivity index (χ0v) is 16.1. The summed E-state index contributed by atoms with van der Waals surface area (Å²) in [5, 5.41) is 0. The molecule has 1 unspecified atom stereocenters. The fraction of sp³-hybridized carbons (Fsp3) is 0.381. The fourth-order valence-corrected chi connectivity index (χ4v) is 3.19. The third kappa shape index (κ3) is 4.45. The Balaban J connectivity index is 1.55. The molecule has 6 nitrogen and oxygen atoms in total. The largest absolute Gasteiger partial charge is 0.497 e. The van der Waals surface area contributed by atoms with Gasteiger partial charge in [0.05, 0.1) is 14.2 Å². The minimum Gasteiger partial charge on any atom is -0.497 e. The van der Waals surface area contributed by atoms with Gasteiger partial charge >= 0.3 is 0 Å². The lowest BCUT2D eigenvalue weighted by molar-refractivity contribution is -0.138. The molecule has 1 heterocycles. The van der Waals surface area contributed by atoms with Gasteiger partial charge in [-0.15, -0.1) is 0 Å². The second-order valence-corrected chi connectivity index (χ2v) is 6.42. The van der Waals surface area contributed by atoms with E-state index in [1.807, 2.05) is 53.4 Å². The minimum absolute atomic E-state index is 0.00436. The van der Waals surface area contributed by atoms with Crippen LogP contribution < -0.4 is 19.1 Å². The molecule has 0 radical (unpaired) electrons. The van der Waals surface area contributed by atoms with Gasteiger partial charge in [-0.1, -0.05) is 12.1 Å². The van der Waals surface area contributed by atoms with Crippen molar-refractivity contribution in [3.63, 3.8) is 0 Å². The van der Waals surface area contributed by atoms with Crippen LogP contribution in [0.2, 0.25) is 0 Å². The number of hydrogen-bond acceptors (Lipinski definition) is 5. The zero-order chi connectivity index (χ0) is 19.2. The number of carbonyl (C=O) groups excluding carboxylic acids is 1. The second-order valence-electron chi connectivity index (χ2n) is 6.42. The molecule has 27 heavy (non-hydrogen) atoms. The fourth-order valence-electron chi connectivity index (χ4n) is 3.19. The van der Waals surface area contributed by atoms with Gasteiger partial charge in [0.1, 0.15) is 5.75 Å². The zero-order valence-electron chi connectivity index (χ0n) is 16.1. The highest BCUT2D eigenvalue weighted by Crippen LogP contribution is 2.27. The van der Waals surface area contributed by atoms with Crippen LogP contribution in [-0.4, -0.2) is 57.3 Å². The molecule has 1 fully saturated rings. The number of nitrogens with zero attached hydrogens (tertiary/aromatic N) is 2. The Bertz CT molecular complexity index is 755. The number of carbonyl (C=O) groups is 1. The first-order valence-electron chi connectivity index (χ1n) is 9.10. The third-order valence-corrected chi connectivity index (χ3v) is 4.75. The number of methoxy groups -OCH3 is 2. The number of amides is 1. The molecule has 1 aliphatic heterocycles. The maximum Gasteiger partial charge on any atom is 0.263 e. The Morgan fingerprint density at radius 1 is 0.889 bits per heavy atom. The van der Waals surface area contributed by atoms with Crippen molar-refractivity contribution >= 4 is 11.6 Å². The molecule has 1 atom stereocenters. The topological polar surface area (TPSA) is 51.2 Å². The Morgan fingerprint density at radius 3 is 2.11 bits per heavy atom.